The highest BCUT2D eigenvalue weighted by Crippen LogP contribution is 2.23. The first kappa shape index (κ1) is 18.5. The van der Waals surface area contributed by atoms with Crippen LogP contribution in [0.2, 0.25) is 0 Å². The fraction of sp³-hybridized carbons (Fsp3) is 0.409. The second-order valence-corrected chi connectivity index (χ2v) is 7.60. The molecule has 1 saturated heterocycles. The van der Waals surface area contributed by atoms with Gasteiger partial charge in [-0.3, -0.25) is 14.4 Å². The first-order valence-corrected chi connectivity index (χ1v) is 9.98. The van der Waals surface area contributed by atoms with Crippen molar-refractivity contribution in [2.24, 2.45) is 0 Å². The Morgan fingerprint density at radius 1 is 1.00 bits per heavy atom. The summed E-state index contributed by atoms with van der Waals surface area (Å²) in [6.07, 6.45) is 3.83. The Morgan fingerprint density at radius 2 is 1.79 bits per heavy atom. The van der Waals surface area contributed by atoms with Crippen molar-refractivity contribution in [3.8, 4) is 0 Å². The maximum Gasteiger partial charge on any atom is 0.251 e. The summed E-state index contributed by atoms with van der Waals surface area (Å²) in [5.41, 5.74) is 0.578. The van der Waals surface area contributed by atoms with E-state index in [1.165, 1.54) is 0 Å². The molecule has 2 aromatic rings. The lowest BCUT2D eigenvalue weighted by atomic mass is 10.1. The standard InChI is InChI=1S/C22H25N3O3/c26-20(25-13-3-6-19(25)22(28)24-18-9-10-18)11-12-23-21(27)17-8-7-15-4-1-2-5-16(15)14-17/h1-2,4-5,7-8,14,18-19H,3,6,9-13H2,(H,23,27)(H,24,28). The van der Waals surface area contributed by atoms with Crippen LogP contribution in [0.3, 0.4) is 0 Å². The van der Waals surface area contributed by atoms with Gasteiger partial charge >= 0.3 is 0 Å². The molecule has 2 aliphatic rings. The van der Waals surface area contributed by atoms with E-state index >= 15 is 0 Å². The van der Waals surface area contributed by atoms with E-state index in [1.54, 1.807) is 11.0 Å². The molecule has 1 heterocycles. The third-order valence-corrected chi connectivity index (χ3v) is 5.44. The number of nitrogens with one attached hydrogen (secondary N) is 2. The first-order chi connectivity index (χ1) is 13.6. The molecule has 2 aromatic carbocycles. The van der Waals surface area contributed by atoms with Crippen LogP contribution in [0.4, 0.5) is 0 Å². The van der Waals surface area contributed by atoms with Crippen LogP contribution in [0.1, 0.15) is 42.5 Å². The Balaban J connectivity index is 1.29. The molecule has 0 radical (unpaired) electrons. The molecule has 0 aromatic heterocycles. The lowest BCUT2D eigenvalue weighted by Crippen LogP contribution is -2.47. The van der Waals surface area contributed by atoms with Crippen LogP contribution in [-0.2, 0) is 9.59 Å². The molecule has 0 bridgehead atoms. The summed E-state index contributed by atoms with van der Waals surface area (Å²) in [6, 6.07) is 13.4. The average molecular weight is 379 g/mol. The lowest BCUT2D eigenvalue weighted by Gasteiger charge is -2.24. The fourth-order valence-corrected chi connectivity index (χ4v) is 3.72. The SMILES string of the molecule is O=C(NCCC(=O)N1CCCC1C(=O)NC1CC1)c1ccc2ccccc2c1. The van der Waals surface area contributed by atoms with Crippen LogP contribution in [-0.4, -0.2) is 47.8 Å². The van der Waals surface area contributed by atoms with E-state index in [4.69, 9.17) is 0 Å². The largest absolute Gasteiger partial charge is 0.352 e. The van der Waals surface area contributed by atoms with Crippen LogP contribution < -0.4 is 10.6 Å². The minimum Gasteiger partial charge on any atom is -0.352 e. The first-order valence-electron chi connectivity index (χ1n) is 9.98. The van der Waals surface area contributed by atoms with Gasteiger partial charge in [-0.15, -0.1) is 0 Å². The zero-order valence-corrected chi connectivity index (χ0v) is 15.8. The third kappa shape index (κ3) is 4.16. The maximum absolute atomic E-state index is 12.5. The Labute approximate surface area is 164 Å². The highest BCUT2D eigenvalue weighted by atomic mass is 16.2. The van der Waals surface area contributed by atoms with Crippen LogP contribution >= 0.6 is 0 Å². The van der Waals surface area contributed by atoms with Crippen LogP contribution in [0.5, 0.6) is 0 Å². The molecule has 1 aliphatic heterocycles. The van der Waals surface area contributed by atoms with Crippen molar-refractivity contribution in [1.82, 2.24) is 15.5 Å². The van der Waals surface area contributed by atoms with Crippen molar-refractivity contribution in [3.63, 3.8) is 0 Å². The summed E-state index contributed by atoms with van der Waals surface area (Å²) < 4.78 is 0. The zero-order valence-electron chi connectivity index (χ0n) is 15.8. The number of carbonyl (C=O) groups excluding carboxylic acids is 3. The Hall–Kier alpha value is -2.89. The highest BCUT2D eigenvalue weighted by Gasteiger charge is 2.36. The molecule has 1 atom stereocenters. The van der Waals surface area contributed by atoms with Gasteiger partial charge in [0, 0.05) is 31.1 Å². The summed E-state index contributed by atoms with van der Waals surface area (Å²) in [4.78, 5) is 38.9. The molecule has 6 heteroatoms. The van der Waals surface area contributed by atoms with Gasteiger partial charge in [0.05, 0.1) is 0 Å². The minimum absolute atomic E-state index is 0.0338. The van der Waals surface area contributed by atoms with E-state index in [0.717, 1.165) is 30.0 Å². The number of benzene rings is 2. The summed E-state index contributed by atoms with van der Waals surface area (Å²) in [5.74, 6) is -0.302. The number of hydrogen-bond donors (Lipinski definition) is 2. The van der Waals surface area contributed by atoms with E-state index in [-0.39, 0.29) is 36.7 Å². The van der Waals surface area contributed by atoms with Crippen molar-refractivity contribution < 1.29 is 14.4 Å². The van der Waals surface area contributed by atoms with Crippen molar-refractivity contribution in [2.75, 3.05) is 13.1 Å². The van der Waals surface area contributed by atoms with Gasteiger partial charge in [-0.05, 0) is 48.6 Å². The Kier molecular flexibility index (Phi) is 5.28. The van der Waals surface area contributed by atoms with E-state index in [9.17, 15) is 14.4 Å². The molecule has 0 spiro atoms. The van der Waals surface area contributed by atoms with E-state index in [1.807, 2.05) is 36.4 Å². The van der Waals surface area contributed by atoms with Gasteiger partial charge in [-0.1, -0.05) is 30.3 Å². The van der Waals surface area contributed by atoms with Crippen molar-refractivity contribution in [2.45, 2.75) is 44.2 Å². The van der Waals surface area contributed by atoms with Gasteiger partial charge in [-0.25, -0.2) is 0 Å². The predicted octanol–water partition coefficient (Wildman–Crippen LogP) is 2.23. The lowest BCUT2D eigenvalue weighted by molar-refractivity contribution is -0.138. The molecule has 2 fully saturated rings. The molecule has 4 rings (SSSR count). The summed E-state index contributed by atoms with van der Waals surface area (Å²) in [7, 11) is 0. The second kappa shape index (κ2) is 8.00. The quantitative estimate of drug-likeness (QED) is 0.808. The van der Waals surface area contributed by atoms with Gasteiger partial charge in [0.15, 0.2) is 0 Å². The molecule has 1 unspecified atom stereocenters. The molecule has 2 N–H and O–H groups in total. The predicted molar refractivity (Wildman–Crippen MR) is 107 cm³/mol. The zero-order chi connectivity index (χ0) is 19.5. The van der Waals surface area contributed by atoms with E-state index in [2.05, 4.69) is 10.6 Å². The number of rotatable bonds is 6. The molecule has 1 aliphatic carbocycles. The normalized spacial score (nSPS) is 18.9. The van der Waals surface area contributed by atoms with Gasteiger partial charge in [0.1, 0.15) is 6.04 Å². The van der Waals surface area contributed by atoms with Gasteiger partial charge in [0.2, 0.25) is 11.8 Å². The third-order valence-electron chi connectivity index (χ3n) is 5.44. The number of likely N-dealkylation sites (tertiary alicyclic amines) is 1. The minimum atomic E-state index is -0.357. The number of hydrogen-bond acceptors (Lipinski definition) is 3. The molecule has 28 heavy (non-hydrogen) atoms. The Morgan fingerprint density at radius 3 is 2.57 bits per heavy atom. The molecule has 1 saturated carbocycles. The molecule has 3 amide bonds. The smallest absolute Gasteiger partial charge is 0.251 e. The molecule has 6 nitrogen and oxygen atoms in total. The van der Waals surface area contributed by atoms with Crippen molar-refractivity contribution in [3.05, 3.63) is 48.0 Å². The number of nitrogens with zero attached hydrogens (tertiary/aromatic N) is 1. The van der Waals surface area contributed by atoms with Crippen LogP contribution in [0.25, 0.3) is 10.8 Å². The van der Waals surface area contributed by atoms with Gasteiger partial charge in [0.25, 0.3) is 5.91 Å². The number of carbonyl (C=O) groups is 3. The van der Waals surface area contributed by atoms with Crippen molar-refractivity contribution in [1.29, 1.82) is 0 Å². The molecular formula is C22H25N3O3. The van der Waals surface area contributed by atoms with E-state index < -0.39 is 0 Å². The Bertz CT molecular complexity index is 907. The van der Waals surface area contributed by atoms with Gasteiger partial charge in [-0.2, -0.15) is 0 Å². The maximum atomic E-state index is 12.5. The van der Waals surface area contributed by atoms with Gasteiger partial charge < -0.3 is 15.5 Å². The topological polar surface area (TPSA) is 78.5 Å². The monoisotopic (exact) mass is 379 g/mol. The highest BCUT2D eigenvalue weighted by molar-refractivity contribution is 5.98. The average Bonchev–Trinajstić information content (AvgIpc) is 3.38. The van der Waals surface area contributed by atoms with Crippen LogP contribution in [0.15, 0.2) is 42.5 Å². The second-order valence-electron chi connectivity index (χ2n) is 7.60. The van der Waals surface area contributed by atoms with Crippen LogP contribution in [0, 0.1) is 0 Å². The molecular weight excluding hydrogens is 354 g/mol. The summed E-state index contributed by atoms with van der Waals surface area (Å²) >= 11 is 0. The molecule has 146 valence electrons. The number of fused-ring (bicyclic) bond motifs is 1. The summed E-state index contributed by atoms with van der Waals surface area (Å²) in [6.45, 7) is 0.873. The fourth-order valence-electron chi connectivity index (χ4n) is 3.72. The number of amides is 3. The van der Waals surface area contributed by atoms with Crippen molar-refractivity contribution >= 4 is 28.5 Å². The summed E-state index contributed by atoms with van der Waals surface area (Å²) in [5, 5.41) is 7.90. The van der Waals surface area contributed by atoms with E-state index in [0.29, 0.717) is 24.6 Å².